The summed E-state index contributed by atoms with van der Waals surface area (Å²) in [5, 5.41) is 4.22. The third kappa shape index (κ3) is 2.30. The van der Waals surface area contributed by atoms with E-state index in [2.05, 4.69) is 16.8 Å². The van der Waals surface area contributed by atoms with Gasteiger partial charge in [-0.15, -0.1) is 0 Å². The van der Waals surface area contributed by atoms with E-state index >= 15 is 0 Å². The fourth-order valence-corrected chi connectivity index (χ4v) is 2.47. The fraction of sp³-hybridized carbons (Fsp3) is 0.333. The fourth-order valence-electron chi connectivity index (χ4n) is 1.79. The Balaban J connectivity index is 2.14. The molecule has 0 radical (unpaired) electrons. The Labute approximate surface area is 93.7 Å². The number of nitrogens with two attached hydrogens (primary N) is 1. The van der Waals surface area contributed by atoms with Gasteiger partial charge in [0.05, 0.1) is 0 Å². The van der Waals surface area contributed by atoms with Gasteiger partial charge < -0.3 is 10.2 Å². The van der Waals surface area contributed by atoms with E-state index in [-0.39, 0.29) is 6.04 Å². The highest BCUT2D eigenvalue weighted by Crippen LogP contribution is 2.23. The molecular formula is C12H15NOS. The van der Waals surface area contributed by atoms with Crippen molar-refractivity contribution in [3.8, 4) is 0 Å². The van der Waals surface area contributed by atoms with Gasteiger partial charge in [0.2, 0.25) is 0 Å². The second kappa shape index (κ2) is 4.21. The molecule has 1 unspecified atom stereocenters. The van der Waals surface area contributed by atoms with E-state index < -0.39 is 0 Å². The summed E-state index contributed by atoms with van der Waals surface area (Å²) in [6, 6.07) is 4.19. The van der Waals surface area contributed by atoms with Gasteiger partial charge in [0, 0.05) is 11.6 Å². The minimum absolute atomic E-state index is 0.0389. The maximum Gasteiger partial charge on any atom is 0.105 e. The highest BCUT2D eigenvalue weighted by atomic mass is 32.1. The van der Waals surface area contributed by atoms with Gasteiger partial charge in [-0.2, -0.15) is 11.3 Å². The summed E-state index contributed by atoms with van der Waals surface area (Å²) < 4.78 is 5.48. The SMILES string of the molecule is Cc1cc(C(N)Cc2ccsc2)c(C)o1. The Morgan fingerprint density at radius 2 is 2.27 bits per heavy atom. The van der Waals surface area contributed by atoms with Gasteiger partial charge >= 0.3 is 0 Å². The van der Waals surface area contributed by atoms with Crippen LogP contribution in [0.2, 0.25) is 0 Å². The lowest BCUT2D eigenvalue weighted by Crippen LogP contribution is -2.13. The molecule has 15 heavy (non-hydrogen) atoms. The van der Waals surface area contributed by atoms with Crippen LogP contribution in [0.15, 0.2) is 27.3 Å². The van der Waals surface area contributed by atoms with Crippen LogP contribution in [-0.2, 0) is 6.42 Å². The van der Waals surface area contributed by atoms with Crippen LogP contribution in [0.4, 0.5) is 0 Å². The summed E-state index contributed by atoms with van der Waals surface area (Å²) >= 11 is 1.71. The molecule has 2 aromatic rings. The van der Waals surface area contributed by atoms with Gasteiger partial charge in [0.25, 0.3) is 0 Å². The zero-order chi connectivity index (χ0) is 10.8. The highest BCUT2D eigenvalue weighted by Gasteiger charge is 2.13. The van der Waals surface area contributed by atoms with Crippen molar-refractivity contribution >= 4 is 11.3 Å². The maximum absolute atomic E-state index is 6.14. The zero-order valence-corrected chi connectivity index (χ0v) is 9.80. The molecule has 0 saturated carbocycles. The molecule has 3 heteroatoms. The summed E-state index contributed by atoms with van der Waals surface area (Å²) in [6.07, 6.45) is 0.878. The van der Waals surface area contributed by atoms with Crippen molar-refractivity contribution in [1.29, 1.82) is 0 Å². The smallest absolute Gasteiger partial charge is 0.105 e. The van der Waals surface area contributed by atoms with E-state index in [1.54, 1.807) is 11.3 Å². The number of furan rings is 1. The first-order valence-electron chi connectivity index (χ1n) is 5.00. The first kappa shape index (κ1) is 10.5. The Bertz CT molecular complexity index is 430. The quantitative estimate of drug-likeness (QED) is 0.864. The van der Waals surface area contributed by atoms with Gasteiger partial charge in [-0.05, 0) is 48.7 Å². The summed E-state index contributed by atoms with van der Waals surface area (Å²) in [5.41, 5.74) is 8.57. The topological polar surface area (TPSA) is 39.2 Å². The van der Waals surface area contributed by atoms with Crippen LogP contribution in [0.25, 0.3) is 0 Å². The number of aryl methyl sites for hydroxylation is 2. The Hall–Kier alpha value is -1.06. The predicted octanol–water partition coefficient (Wildman–Crippen LogP) is 3.20. The number of thiophene rings is 1. The molecule has 0 aliphatic rings. The molecule has 0 spiro atoms. The van der Waals surface area contributed by atoms with Crippen molar-refractivity contribution < 1.29 is 4.42 Å². The largest absolute Gasteiger partial charge is 0.466 e. The molecule has 0 saturated heterocycles. The van der Waals surface area contributed by atoms with Crippen LogP contribution in [0, 0.1) is 13.8 Å². The zero-order valence-electron chi connectivity index (χ0n) is 8.99. The minimum Gasteiger partial charge on any atom is -0.466 e. The standard InChI is InChI=1S/C12H15NOS/c1-8-5-11(9(2)14-8)12(13)6-10-3-4-15-7-10/h3-5,7,12H,6,13H2,1-2H3. The lowest BCUT2D eigenvalue weighted by molar-refractivity contribution is 0.497. The molecule has 2 rings (SSSR count). The molecule has 1 atom stereocenters. The van der Waals surface area contributed by atoms with Crippen LogP contribution in [0.3, 0.4) is 0 Å². The van der Waals surface area contributed by atoms with Crippen LogP contribution < -0.4 is 5.73 Å². The Morgan fingerprint density at radius 3 is 2.80 bits per heavy atom. The second-order valence-corrected chi connectivity index (χ2v) is 4.59. The molecule has 0 fully saturated rings. The Kier molecular flexibility index (Phi) is 2.93. The van der Waals surface area contributed by atoms with Gasteiger partial charge in [-0.25, -0.2) is 0 Å². The van der Waals surface area contributed by atoms with E-state index in [0.717, 1.165) is 23.5 Å². The molecule has 0 aliphatic heterocycles. The Morgan fingerprint density at radius 1 is 1.47 bits per heavy atom. The molecule has 2 heterocycles. The van der Waals surface area contributed by atoms with Crippen LogP contribution in [-0.4, -0.2) is 0 Å². The van der Waals surface area contributed by atoms with Gasteiger partial charge in [0.1, 0.15) is 11.5 Å². The summed E-state index contributed by atoms with van der Waals surface area (Å²) in [5.74, 6) is 1.87. The lowest BCUT2D eigenvalue weighted by atomic mass is 10.0. The predicted molar refractivity (Wildman–Crippen MR) is 63.1 cm³/mol. The van der Waals surface area contributed by atoms with Crippen LogP contribution >= 0.6 is 11.3 Å². The molecular weight excluding hydrogens is 206 g/mol. The second-order valence-electron chi connectivity index (χ2n) is 3.81. The third-order valence-electron chi connectivity index (χ3n) is 2.51. The first-order valence-corrected chi connectivity index (χ1v) is 5.94. The molecule has 2 nitrogen and oxygen atoms in total. The van der Waals surface area contributed by atoms with E-state index in [4.69, 9.17) is 10.2 Å². The van der Waals surface area contributed by atoms with Crippen molar-refractivity contribution in [2.24, 2.45) is 5.73 Å². The van der Waals surface area contributed by atoms with Gasteiger partial charge in [-0.1, -0.05) is 0 Å². The third-order valence-corrected chi connectivity index (χ3v) is 3.25. The molecule has 0 aliphatic carbocycles. The molecule has 2 aromatic heterocycles. The lowest BCUT2D eigenvalue weighted by Gasteiger charge is -2.08. The van der Waals surface area contributed by atoms with Gasteiger partial charge in [-0.3, -0.25) is 0 Å². The molecule has 0 aromatic carbocycles. The van der Waals surface area contributed by atoms with E-state index in [9.17, 15) is 0 Å². The van der Waals surface area contributed by atoms with Crippen molar-refractivity contribution in [3.05, 3.63) is 45.5 Å². The number of rotatable bonds is 3. The normalized spacial score (nSPS) is 13.0. The number of hydrogen-bond acceptors (Lipinski definition) is 3. The van der Waals surface area contributed by atoms with Gasteiger partial charge in [0.15, 0.2) is 0 Å². The highest BCUT2D eigenvalue weighted by molar-refractivity contribution is 7.07. The molecule has 2 N–H and O–H groups in total. The van der Waals surface area contributed by atoms with Crippen molar-refractivity contribution in [3.63, 3.8) is 0 Å². The van der Waals surface area contributed by atoms with E-state index in [1.807, 2.05) is 19.9 Å². The van der Waals surface area contributed by atoms with E-state index in [0.29, 0.717) is 0 Å². The maximum atomic E-state index is 6.14. The average molecular weight is 221 g/mol. The molecule has 0 amide bonds. The van der Waals surface area contributed by atoms with Crippen LogP contribution in [0.5, 0.6) is 0 Å². The summed E-state index contributed by atoms with van der Waals surface area (Å²) in [7, 11) is 0. The van der Waals surface area contributed by atoms with Crippen molar-refractivity contribution in [2.75, 3.05) is 0 Å². The first-order chi connectivity index (χ1) is 7.16. The summed E-state index contributed by atoms with van der Waals surface area (Å²) in [6.45, 7) is 3.92. The van der Waals surface area contributed by atoms with Crippen molar-refractivity contribution in [2.45, 2.75) is 26.3 Å². The van der Waals surface area contributed by atoms with E-state index in [1.165, 1.54) is 5.56 Å². The monoisotopic (exact) mass is 221 g/mol. The summed E-state index contributed by atoms with van der Waals surface area (Å²) in [4.78, 5) is 0. The molecule has 80 valence electrons. The van der Waals surface area contributed by atoms with Crippen LogP contribution in [0.1, 0.15) is 28.7 Å². The molecule has 0 bridgehead atoms. The number of hydrogen-bond donors (Lipinski definition) is 1. The minimum atomic E-state index is 0.0389. The van der Waals surface area contributed by atoms with Crippen molar-refractivity contribution in [1.82, 2.24) is 0 Å². The average Bonchev–Trinajstić information content (AvgIpc) is 2.75.